The zero-order valence-corrected chi connectivity index (χ0v) is 16.5. The number of aromatic nitrogens is 2. The summed E-state index contributed by atoms with van der Waals surface area (Å²) in [4.78, 5) is 20.5. The van der Waals surface area contributed by atoms with Crippen LogP contribution in [0.3, 0.4) is 0 Å². The number of carbonyl (C=O) groups is 1. The highest BCUT2D eigenvalue weighted by Crippen LogP contribution is 2.33. The summed E-state index contributed by atoms with van der Waals surface area (Å²) in [6.45, 7) is 0. The van der Waals surface area contributed by atoms with Crippen molar-refractivity contribution in [2.75, 3.05) is 7.05 Å². The molecule has 0 bridgehead atoms. The summed E-state index contributed by atoms with van der Waals surface area (Å²) >= 11 is 1.65. The largest absolute Gasteiger partial charge is 0.457 e. The molecule has 0 saturated heterocycles. The van der Waals surface area contributed by atoms with Crippen molar-refractivity contribution in [3.8, 4) is 11.5 Å². The molecule has 28 heavy (non-hydrogen) atoms. The summed E-state index contributed by atoms with van der Waals surface area (Å²) in [6.07, 6.45) is 6.46. The molecule has 7 heteroatoms. The Balaban J connectivity index is 1.51. The number of aliphatic hydroxyl groups excluding tert-OH is 1. The molecular weight excluding hydrogens is 374 g/mol. The van der Waals surface area contributed by atoms with Crippen molar-refractivity contribution < 1.29 is 14.6 Å². The molecule has 0 aliphatic heterocycles. The first kappa shape index (κ1) is 18.8. The number of nitrogens with one attached hydrogen (secondary N) is 1. The quantitative estimate of drug-likeness (QED) is 0.681. The average Bonchev–Trinajstić information content (AvgIpc) is 3.11. The summed E-state index contributed by atoms with van der Waals surface area (Å²) in [5.74, 6) is 1.31. The Bertz CT molecular complexity index is 988. The second-order valence-corrected chi connectivity index (χ2v) is 8.23. The van der Waals surface area contributed by atoms with Crippen LogP contribution in [0.5, 0.6) is 11.5 Å². The maximum Gasteiger partial charge on any atom is 0.269 e. The molecule has 1 aromatic carbocycles. The number of ether oxygens (including phenoxy) is 1. The van der Waals surface area contributed by atoms with E-state index < -0.39 is 0 Å². The topological polar surface area (TPSA) is 84.3 Å². The molecule has 2 aromatic heterocycles. The average molecular weight is 398 g/mol. The van der Waals surface area contributed by atoms with Crippen LogP contribution in [0.2, 0.25) is 0 Å². The lowest BCUT2D eigenvalue weighted by Gasteiger charge is -2.26. The van der Waals surface area contributed by atoms with Crippen LogP contribution >= 0.6 is 11.3 Å². The highest BCUT2D eigenvalue weighted by molar-refractivity contribution is 7.18. The summed E-state index contributed by atoms with van der Waals surface area (Å²) < 4.78 is 6.97. The van der Waals surface area contributed by atoms with Gasteiger partial charge in [0, 0.05) is 31.8 Å². The molecule has 1 fully saturated rings. The van der Waals surface area contributed by atoms with Gasteiger partial charge in [0.2, 0.25) is 0 Å². The predicted octanol–water partition coefficient (Wildman–Crippen LogP) is 3.94. The molecule has 2 atom stereocenters. The van der Waals surface area contributed by atoms with Crippen molar-refractivity contribution in [1.29, 1.82) is 0 Å². The van der Waals surface area contributed by atoms with Gasteiger partial charge < -0.3 is 15.2 Å². The Labute approximate surface area is 167 Å². The Kier molecular flexibility index (Phi) is 5.54. The zero-order chi connectivity index (χ0) is 19.5. The Morgan fingerprint density at radius 3 is 2.89 bits per heavy atom. The molecule has 0 radical (unpaired) electrons. The van der Waals surface area contributed by atoms with E-state index in [0.717, 1.165) is 40.9 Å². The number of benzene rings is 1. The van der Waals surface area contributed by atoms with E-state index in [9.17, 15) is 9.90 Å². The highest BCUT2D eigenvalue weighted by Gasteiger charge is 2.24. The van der Waals surface area contributed by atoms with Crippen molar-refractivity contribution >= 4 is 27.5 Å². The lowest BCUT2D eigenvalue weighted by atomic mass is 9.84. The Morgan fingerprint density at radius 1 is 1.25 bits per heavy atom. The predicted molar refractivity (Wildman–Crippen MR) is 109 cm³/mol. The molecule has 1 amide bonds. The Hall–Kier alpha value is -2.51. The molecule has 2 N–H and O–H groups in total. The Morgan fingerprint density at radius 2 is 2.07 bits per heavy atom. The molecule has 1 unspecified atom stereocenters. The number of pyridine rings is 1. The number of aliphatic hydroxyl groups is 1. The maximum atomic E-state index is 11.7. The minimum atomic E-state index is -0.252. The van der Waals surface area contributed by atoms with Crippen LogP contribution in [0, 0.1) is 5.92 Å². The fourth-order valence-electron chi connectivity index (χ4n) is 3.62. The fraction of sp³-hybridized carbons (Fsp3) is 0.381. The van der Waals surface area contributed by atoms with Crippen molar-refractivity contribution in [2.45, 2.75) is 38.2 Å². The normalized spacial score (nSPS) is 19.5. The van der Waals surface area contributed by atoms with Crippen LogP contribution < -0.4 is 10.1 Å². The van der Waals surface area contributed by atoms with Crippen LogP contribution in [-0.2, 0) is 6.42 Å². The van der Waals surface area contributed by atoms with Gasteiger partial charge in [-0.05, 0) is 37.0 Å². The van der Waals surface area contributed by atoms with Gasteiger partial charge in [-0.1, -0.05) is 12.8 Å². The standard InChI is InChI=1S/C21H23N3O3S/c1-22-21(26)17-11-15(8-9-23-17)27-14-6-7-16-19(12-14)28-20(24-16)10-13-4-2-3-5-18(13)25/h6-9,11-13,18,25H,2-5,10H2,1H3,(H,22,26)/t13?,18-/m1/s1. The van der Waals surface area contributed by atoms with E-state index in [2.05, 4.69) is 10.3 Å². The van der Waals surface area contributed by atoms with E-state index in [1.54, 1.807) is 36.7 Å². The second-order valence-electron chi connectivity index (χ2n) is 7.11. The monoisotopic (exact) mass is 397 g/mol. The number of fused-ring (bicyclic) bond motifs is 1. The first-order chi connectivity index (χ1) is 13.6. The van der Waals surface area contributed by atoms with Crippen LogP contribution in [0.4, 0.5) is 0 Å². The smallest absolute Gasteiger partial charge is 0.269 e. The van der Waals surface area contributed by atoms with E-state index >= 15 is 0 Å². The van der Waals surface area contributed by atoms with Gasteiger partial charge in [0.15, 0.2) is 0 Å². The van der Waals surface area contributed by atoms with Gasteiger partial charge in [-0.3, -0.25) is 9.78 Å². The molecule has 1 aliphatic carbocycles. The maximum absolute atomic E-state index is 11.7. The molecule has 1 saturated carbocycles. The van der Waals surface area contributed by atoms with Gasteiger partial charge in [0.1, 0.15) is 17.2 Å². The highest BCUT2D eigenvalue weighted by atomic mass is 32.1. The van der Waals surface area contributed by atoms with E-state index in [1.807, 2.05) is 18.2 Å². The van der Waals surface area contributed by atoms with Gasteiger partial charge in [-0.25, -0.2) is 4.98 Å². The summed E-state index contributed by atoms with van der Waals surface area (Å²) in [5.41, 5.74) is 1.26. The first-order valence-corrected chi connectivity index (χ1v) is 10.4. The summed E-state index contributed by atoms with van der Waals surface area (Å²) in [6, 6.07) is 9.13. The number of carbonyl (C=O) groups excluding carboxylic acids is 1. The van der Waals surface area contributed by atoms with Gasteiger partial charge in [0.05, 0.1) is 21.3 Å². The number of hydrogen-bond acceptors (Lipinski definition) is 6. The molecular formula is C21H23N3O3S. The molecule has 2 heterocycles. The van der Waals surface area contributed by atoms with Crippen molar-refractivity contribution in [3.63, 3.8) is 0 Å². The third-order valence-electron chi connectivity index (χ3n) is 5.14. The SMILES string of the molecule is CNC(=O)c1cc(Oc2ccc3nc(CC4CCCC[C@H]4O)sc3c2)ccn1. The zero-order valence-electron chi connectivity index (χ0n) is 15.7. The lowest BCUT2D eigenvalue weighted by Crippen LogP contribution is -2.26. The molecule has 1 aliphatic rings. The van der Waals surface area contributed by atoms with E-state index in [0.29, 0.717) is 23.1 Å². The molecule has 3 aromatic rings. The fourth-order valence-corrected chi connectivity index (χ4v) is 4.71. The van der Waals surface area contributed by atoms with Gasteiger partial charge in [-0.15, -0.1) is 11.3 Å². The third kappa shape index (κ3) is 4.15. The second kappa shape index (κ2) is 8.24. The number of rotatable bonds is 5. The number of amides is 1. The third-order valence-corrected chi connectivity index (χ3v) is 6.18. The number of hydrogen-bond donors (Lipinski definition) is 2. The van der Waals surface area contributed by atoms with Crippen molar-refractivity contribution in [3.05, 3.63) is 47.2 Å². The molecule has 146 valence electrons. The minimum absolute atomic E-state index is 0.208. The van der Waals surface area contributed by atoms with Crippen LogP contribution in [-0.4, -0.2) is 34.1 Å². The van der Waals surface area contributed by atoms with Crippen LogP contribution in [0.25, 0.3) is 10.2 Å². The molecule has 0 spiro atoms. The summed E-state index contributed by atoms with van der Waals surface area (Å²) in [7, 11) is 1.57. The first-order valence-electron chi connectivity index (χ1n) is 9.56. The van der Waals surface area contributed by atoms with Crippen LogP contribution in [0.15, 0.2) is 36.5 Å². The number of nitrogens with zero attached hydrogens (tertiary/aromatic N) is 2. The molecule has 4 rings (SSSR count). The van der Waals surface area contributed by atoms with Crippen molar-refractivity contribution in [2.24, 2.45) is 5.92 Å². The van der Waals surface area contributed by atoms with Gasteiger partial charge in [0.25, 0.3) is 5.91 Å². The minimum Gasteiger partial charge on any atom is -0.457 e. The summed E-state index contributed by atoms with van der Waals surface area (Å²) in [5, 5.41) is 13.8. The van der Waals surface area contributed by atoms with E-state index in [-0.39, 0.29) is 12.0 Å². The van der Waals surface area contributed by atoms with Crippen molar-refractivity contribution in [1.82, 2.24) is 15.3 Å². The molecule has 6 nitrogen and oxygen atoms in total. The number of thiazole rings is 1. The van der Waals surface area contributed by atoms with Gasteiger partial charge >= 0.3 is 0 Å². The van der Waals surface area contributed by atoms with Gasteiger partial charge in [-0.2, -0.15) is 0 Å². The van der Waals surface area contributed by atoms with E-state index in [1.165, 1.54) is 6.42 Å². The van der Waals surface area contributed by atoms with E-state index in [4.69, 9.17) is 9.72 Å². The lowest BCUT2D eigenvalue weighted by molar-refractivity contribution is 0.0700. The van der Waals surface area contributed by atoms with Crippen LogP contribution in [0.1, 0.15) is 41.2 Å².